The van der Waals surface area contributed by atoms with E-state index in [0.29, 0.717) is 49.4 Å². The van der Waals surface area contributed by atoms with Gasteiger partial charge in [0.2, 0.25) is 5.91 Å². The van der Waals surface area contributed by atoms with Gasteiger partial charge in [-0.15, -0.1) is 0 Å². The van der Waals surface area contributed by atoms with Gasteiger partial charge in [0.25, 0.3) is 0 Å². The van der Waals surface area contributed by atoms with Crippen molar-refractivity contribution in [2.24, 2.45) is 5.92 Å². The molecule has 1 saturated carbocycles. The molecule has 6 nitrogen and oxygen atoms in total. The molecule has 1 N–H and O–H groups in total. The molecule has 5 rings (SSSR count). The predicted octanol–water partition coefficient (Wildman–Crippen LogP) is 6.06. The average Bonchev–Trinajstić information content (AvgIpc) is 2.90. The zero-order chi connectivity index (χ0) is 27.8. The van der Waals surface area contributed by atoms with E-state index in [9.17, 15) is 14.7 Å². The minimum absolute atomic E-state index is 0.0424. The third-order valence-corrected chi connectivity index (χ3v) is 8.85. The first kappa shape index (κ1) is 27.4. The second kappa shape index (κ2) is 10.8. The van der Waals surface area contributed by atoms with Gasteiger partial charge in [-0.3, -0.25) is 4.79 Å². The highest BCUT2D eigenvalue weighted by atomic mass is 16.5. The van der Waals surface area contributed by atoms with Crippen molar-refractivity contribution in [1.82, 2.24) is 4.90 Å². The average molecular weight is 532 g/mol. The number of likely N-dealkylation sites (tertiary alicyclic amines) is 1. The van der Waals surface area contributed by atoms with E-state index >= 15 is 0 Å². The molecule has 1 aliphatic carbocycles. The number of carbonyl (C=O) groups excluding carboxylic acids is 1. The fraction of sp³-hybridized carbons (Fsp3) is 0.515. The van der Waals surface area contributed by atoms with Gasteiger partial charge in [0, 0.05) is 42.4 Å². The number of aryl methyl sites for hydroxylation is 1. The van der Waals surface area contributed by atoms with Crippen LogP contribution in [-0.4, -0.2) is 34.6 Å². The smallest absolute Gasteiger partial charge is 0.339 e. The Balaban J connectivity index is 1.23. The normalized spacial score (nSPS) is 21.6. The Morgan fingerprint density at radius 1 is 1.13 bits per heavy atom. The Morgan fingerprint density at radius 3 is 2.64 bits per heavy atom. The van der Waals surface area contributed by atoms with Gasteiger partial charge in [0.1, 0.15) is 17.9 Å². The highest BCUT2D eigenvalue weighted by Gasteiger charge is 2.43. The summed E-state index contributed by atoms with van der Waals surface area (Å²) in [5.41, 5.74) is 3.33. The van der Waals surface area contributed by atoms with Crippen LogP contribution in [0.15, 0.2) is 51.7 Å². The number of carbonyl (C=O) groups is 1. The molecule has 2 heterocycles. The fourth-order valence-corrected chi connectivity index (χ4v) is 6.21. The summed E-state index contributed by atoms with van der Waals surface area (Å²) >= 11 is 0. The largest absolute Gasteiger partial charge is 0.489 e. The van der Waals surface area contributed by atoms with Crippen LogP contribution in [0.1, 0.15) is 81.5 Å². The maximum atomic E-state index is 13.0. The summed E-state index contributed by atoms with van der Waals surface area (Å²) < 4.78 is 11.7. The lowest BCUT2D eigenvalue weighted by atomic mass is 9.71. The highest BCUT2D eigenvalue weighted by molar-refractivity contribution is 5.83. The number of hydrogen-bond donors (Lipinski definition) is 1. The van der Waals surface area contributed by atoms with Crippen molar-refractivity contribution in [3.8, 4) is 5.75 Å². The molecule has 0 radical (unpaired) electrons. The van der Waals surface area contributed by atoms with Crippen LogP contribution in [0.5, 0.6) is 5.75 Å². The monoisotopic (exact) mass is 531 g/mol. The van der Waals surface area contributed by atoms with Crippen molar-refractivity contribution in [1.29, 1.82) is 0 Å². The zero-order valence-electron chi connectivity index (χ0n) is 23.7. The van der Waals surface area contributed by atoms with Crippen molar-refractivity contribution in [2.75, 3.05) is 13.1 Å². The molecule has 1 saturated heterocycles. The number of benzene rings is 2. The molecule has 2 aliphatic rings. The van der Waals surface area contributed by atoms with E-state index < -0.39 is 11.2 Å². The maximum absolute atomic E-state index is 13.0. The maximum Gasteiger partial charge on any atom is 0.339 e. The molecule has 3 aromatic rings. The fourth-order valence-electron chi connectivity index (χ4n) is 6.21. The summed E-state index contributed by atoms with van der Waals surface area (Å²) in [4.78, 5) is 27.8. The Hall–Kier alpha value is -3.12. The van der Waals surface area contributed by atoms with Crippen LogP contribution in [0.3, 0.4) is 0 Å². The van der Waals surface area contributed by atoms with Crippen molar-refractivity contribution in [3.05, 3.63) is 75.1 Å². The molecular formula is C33H41NO5. The van der Waals surface area contributed by atoms with Gasteiger partial charge in [0.15, 0.2) is 0 Å². The summed E-state index contributed by atoms with van der Waals surface area (Å²) in [7, 11) is 0. The van der Waals surface area contributed by atoms with Gasteiger partial charge < -0.3 is 19.2 Å². The Bertz CT molecular complexity index is 1400. The Morgan fingerprint density at radius 2 is 1.90 bits per heavy atom. The first-order valence-corrected chi connectivity index (χ1v) is 14.3. The Kier molecular flexibility index (Phi) is 7.60. The third kappa shape index (κ3) is 5.91. The number of ether oxygens (including phenoxy) is 1. The molecular weight excluding hydrogens is 490 g/mol. The zero-order valence-corrected chi connectivity index (χ0v) is 23.7. The van der Waals surface area contributed by atoms with Gasteiger partial charge in [-0.1, -0.05) is 57.9 Å². The van der Waals surface area contributed by atoms with E-state index in [1.165, 1.54) is 5.56 Å². The first-order chi connectivity index (χ1) is 18.5. The number of fused-ring (bicyclic) bond motifs is 2. The molecule has 6 heteroatoms. The van der Waals surface area contributed by atoms with Gasteiger partial charge in [-0.25, -0.2) is 4.79 Å². The summed E-state index contributed by atoms with van der Waals surface area (Å²) in [5.74, 6) is 0.845. The predicted molar refractivity (Wildman–Crippen MR) is 153 cm³/mol. The van der Waals surface area contributed by atoms with Gasteiger partial charge in [0.05, 0.1) is 5.60 Å². The molecule has 0 unspecified atom stereocenters. The van der Waals surface area contributed by atoms with Crippen LogP contribution in [0, 0.1) is 12.8 Å². The number of rotatable bonds is 6. The topological polar surface area (TPSA) is 80.0 Å². The molecule has 0 spiro atoms. The summed E-state index contributed by atoms with van der Waals surface area (Å²) in [5, 5.41) is 11.8. The lowest BCUT2D eigenvalue weighted by molar-refractivity contribution is -0.143. The number of nitrogens with zero attached hydrogens (tertiary/aromatic N) is 1. The van der Waals surface area contributed by atoms with Crippen LogP contribution in [0.25, 0.3) is 11.0 Å². The van der Waals surface area contributed by atoms with Crippen LogP contribution < -0.4 is 10.4 Å². The molecule has 1 aliphatic heterocycles. The van der Waals surface area contributed by atoms with Crippen LogP contribution in [0.2, 0.25) is 0 Å². The van der Waals surface area contributed by atoms with Crippen molar-refractivity contribution in [3.63, 3.8) is 0 Å². The third-order valence-electron chi connectivity index (χ3n) is 8.85. The van der Waals surface area contributed by atoms with Crippen LogP contribution in [0.4, 0.5) is 0 Å². The molecule has 39 heavy (non-hydrogen) atoms. The quantitative estimate of drug-likeness (QED) is 0.391. The van der Waals surface area contributed by atoms with Crippen LogP contribution >= 0.6 is 0 Å². The summed E-state index contributed by atoms with van der Waals surface area (Å²) in [6.45, 7) is 10.1. The number of piperidine rings is 1. The van der Waals surface area contributed by atoms with Crippen molar-refractivity contribution < 1.29 is 19.1 Å². The van der Waals surface area contributed by atoms with Crippen molar-refractivity contribution >= 4 is 16.9 Å². The minimum atomic E-state index is -0.607. The SMILES string of the molecule is Cc1c(CCC(=O)N2CC[C@]3(O)CCCC[C@H]3C2)c(=O)oc2cc(OCc3ccc(C(C)(C)C)cc3)ccc12. The molecule has 2 aromatic carbocycles. The standard InChI is InChI=1S/C33H41NO5/c1-22-27-13-12-26(38-21-23-8-10-24(11-9-23)32(2,3)4)19-29(27)39-31(36)28(22)14-15-30(35)34-18-17-33(37)16-6-5-7-25(33)20-34/h8-13,19,25,37H,5-7,14-18,20-21H2,1-4H3/t25-,33+/m0/s1. The molecule has 2 atom stereocenters. The highest BCUT2D eigenvalue weighted by Crippen LogP contribution is 2.40. The number of amides is 1. The van der Waals surface area contributed by atoms with E-state index in [-0.39, 0.29) is 23.7 Å². The second-order valence-electron chi connectivity index (χ2n) is 12.5. The van der Waals surface area contributed by atoms with E-state index in [2.05, 4.69) is 45.0 Å². The van der Waals surface area contributed by atoms with Gasteiger partial charge >= 0.3 is 5.63 Å². The molecule has 2 fully saturated rings. The van der Waals surface area contributed by atoms with Gasteiger partial charge in [-0.2, -0.15) is 0 Å². The molecule has 208 valence electrons. The molecule has 1 aromatic heterocycles. The lowest BCUT2D eigenvalue weighted by Crippen LogP contribution is -2.54. The minimum Gasteiger partial charge on any atom is -0.489 e. The lowest BCUT2D eigenvalue weighted by Gasteiger charge is -2.47. The van der Waals surface area contributed by atoms with Crippen LogP contribution in [-0.2, 0) is 23.2 Å². The van der Waals surface area contributed by atoms with E-state index in [4.69, 9.17) is 9.15 Å². The van der Waals surface area contributed by atoms with E-state index in [0.717, 1.165) is 42.2 Å². The number of aliphatic hydroxyl groups is 1. The number of hydrogen-bond acceptors (Lipinski definition) is 5. The van der Waals surface area contributed by atoms with Gasteiger partial charge in [-0.05, 0) is 66.8 Å². The Labute approximate surface area is 231 Å². The van der Waals surface area contributed by atoms with E-state index in [1.807, 2.05) is 24.0 Å². The second-order valence-corrected chi connectivity index (χ2v) is 12.5. The molecule has 1 amide bonds. The summed E-state index contributed by atoms with van der Waals surface area (Å²) in [6, 6.07) is 14.0. The summed E-state index contributed by atoms with van der Waals surface area (Å²) in [6.07, 6.45) is 5.25. The van der Waals surface area contributed by atoms with E-state index in [1.54, 1.807) is 6.07 Å². The first-order valence-electron chi connectivity index (χ1n) is 14.3. The van der Waals surface area contributed by atoms with Crippen molar-refractivity contribution in [2.45, 2.75) is 90.3 Å². The molecule has 0 bridgehead atoms.